The van der Waals surface area contributed by atoms with Crippen LogP contribution in [0.25, 0.3) is 21.9 Å². The molecule has 0 spiro atoms. The van der Waals surface area contributed by atoms with Crippen LogP contribution < -0.4 is 11.5 Å². The van der Waals surface area contributed by atoms with Crippen molar-refractivity contribution in [2.24, 2.45) is 0 Å². The Morgan fingerprint density at radius 3 is 2.38 bits per heavy atom. The van der Waals surface area contributed by atoms with E-state index in [0.717, 1.165) is 16.3 Å². The molecule has 0 aliphatic heterocycles. The summed E-state index contributed by atoms with van der Waals surface area (Å²) >= 11 is 0. The molecule has 0 fully saturated rings. The van der Waals surface area contributed by atoms with Gasteiger partial charge in [0.05, 0.1) is 4.92 Å². The zero-order chi connectivity index (χ0) is 15.0. The van der Waals surface area contributed by atoms with Crippen LogP contribution in [0, 0.1) is 10.1 Å². The van der Waals surface area contributed by atoms with Crippen LogP contribution in [0.3, 0.4) is 0 Å². The number of fused-ring (bicyclic) bond motifs is 1. The van der Waals surface area contributed by atoms with Crippen molar-refractivity contribution in [3.8, 4) is 11.1 Å². The summed E-state index contributed by atoms with van der Waals surface area (Å²) in [5, 5.41) is 12.9. The molecule has 0 saturated heterocycles. The summed E-state index contributed by atoms with van der Waals surface area (Å²) < 4.78 is 0. The zero-order valence-corrected chi connectivity index (χ0v) is 11.1. The van der Waals surface area contributed by atoms with E-state index >= 15 is 0 Å². The molecule has 0 aliphatic rings. The van der Waals surface area contributed by atoms with Gasteiger partial charge < -0.3 is 11.5 Å². The number of nitro groups is 1. The number of anilines is 2. The maximum Gasteiger partial charge on any atom is 0.270 e. The van der Waals surface area contributed by atoms with E-state index in [4.69, 9.17) is 11.5 Å². The second-order valence-corrected chi connectivity index (χ2v) is 4.78. The van der Waals surface area contributed by atoms with Gasteiger partial charge in [0.1, 0.15) is 0 Å². The summed E-state index contributed by atoms with van der Waals surface area (Å²) in [5.41, 5.74) is 14.4. The minimum Gasteiger partial charge on any atom is -0.398 e. The van der Waals surface area contributed by atoms with Gasteiger partial charge in [0.15, 0.2) is 0 Å². The molecule has 3 aromatic carbocycles. The highest BCUT2D eigenvalue weighted by Gasteiger charge is 2.15. The molecule has 0 radical (unpaired) electrons. The van der Waals surface area contributed by atoms with Gasteiger partial charge in [0, 0.05) is 34.6 Å². The molecule has 104 valence electrons. The highest BCUT2D eigenvalue weighted by molar-refractivity contribution is 6.04. The van der Waals surface area contributed by atoms with Gasteiger partial charge in [-0.25, -0.2) is 0 Å². The van der Waals surface area contributed by atoms with E-state index in [1.54, 1.807) is 6.07 Å². The summed E-state index contributed by atoms with van der Waals surface area (Å²) in [6.45, 7) is 0. The Labute approximate surface area is 121 Å². The van der Waals surface area contributed by atoms with E-state index in [0.29, 0.717) is 16.9 Å². The van der Waals surface area contributed by atoms with Gasteiger partial charge in [-0.3, -0.25) is 10.1 Å². The number of hydrogen-bond donors (Lipinski definition) is 2. The van der Waals surface area contributed by atoms with Crippen molar-refractivity contribution in [2.75, 3.05) is 11.5 Å². The van der Waals surface area contributed by atoms with Crippen molar-refractivity contribution < 1.29 is 4.92 Å². The molecule has 0 heterocycles. The van der Waals surface area contributed by atoms with Crippen LogP contribution in [0.4, 0.5) is 17.1 Å². The van der Waals surface area contributed by atoms with Crippen molar-refractivity contribution in [1.29, 1.82) is 0 Å². The van der Waals surface area contributed by atoms with E-state index in [1.807, 2.05) is 30.3 Å². The summed E-state index contributed by atoms with van der Waals surface area (Å²) in [4.78, 5) is 10.5. The van der Waals surface area contributed by atoms with Crippen LogP contribution in [0.15, 0.2) is 54.6 Å². The molecule has 4 N–H and O–H groups in total. The number of rotatable bonds is 2. The van der Waals surface area contributed by atoms with Gasteiger partial charge in [0.2, 0.25) is 0 Å². The fourth-order valence-corrected chi connectivity index (χ4v) is 2.46. The van der Waals surface area contributed by atoms with Crippen molar-refractivity contribution in [3.05, 3.63) is 64.7 Å². The molecule has 3 aromatic rings. The summed E-state index contributed by atoms with van der Waals surface area (Å²) in [7, 11) is 0. The van der Waals surface area contributed by atoms with E-state index in [-0.39, 0.29) is 5.69 Å². The van der Waals surface area contributed by atoms with Gasteiger partial charge in [-0.05, 0) is 22.9 Å². The fraction of sp³-hybridized carbons (Fsp3) is 0. The van der Waals surface area contributed by atoms with Gasteiger partial charge in [-0.15, -0.1) is 0 Å². The number of nitrogens with zero attached hydrogens (tertiary/aromatic N) is 1. The lowest BCUT2D eigenvalue weighted by molar-refractivity contribution is -0.384. The van der Waals surface area contributed by atoms with Crippen molar-refractivity contribution in [1.82, 2.24) is 0 Å². The number of benzene rings is 3. The van der Waals surface area contributed by atoms with Crippen molar-refractivity contribution >= 4 is 27.8 Å². The average Bonchev–Trinajstić information content (AvgIpc) is 2.48. The molecular weight excluding hydrogens is 266 g/mol. The Balaban J connectivity index is 2.37. The molecular formula is C16H13N3O2. The molecule has 21 heavy (non-hydrogen) atoms. The Bertz CT molecular complexity index is 859. The first-order valence-corrected chi connectivity index (χ1v) is 6.39. The summed E-state index contributed by atoms with van der Waals surface area (Å²) in [6, 6.07) is 15.8. The monoisotopic (exact) mass is 279 g/mol. The van der Waals surface area contributed by atoms with Gasteiger partial charge in [-0.2, -0.15) is 0 Å². The highest BCUT2D eigenvalue weighted by atomic mass is 16.6. The third kappa shape index (κ3) is 2.14. The number of nitrogen functional groups attached to an aromatic ring is 2. The van der Waals surface area contributed by atoms with E-state index in [1.165, 1.54) is 18.2 Å². The van der Waals surface area contributed by atoms with Gasteiger partial charge in [0.25, 0.3) is 5.69 Å². The van der Waals surface area contributed by atoms with Crippen LogP contribution in [-0.4, -0.2) is 4.92 Å². The number of hydrogen-bond acceptors (Lipinski definition) is 4. The predicted octanol–water partition coefficient (Wildman–Crippen LogP) is 3.58. The van der Waals surface area contributed by atoms with E-state index in [9.17, 15) is 10.1 Å². The Morgan fingerprint density at radius 2 is 1.62 bits per heavy atom. The lowest BCUT2D eigenvalue weighted by Gasteiger charge is -2.12. The maximum atomic E-state index is 11.0. The van der Waals surface area contributed by atoms with Gasteiger partial charge >= 0.3 is 0 Å². The lowest BCUT2D eigenvalue weighted by Crippen LogP contribution is -1.97. The zero-order valence-electron chi connectivity index (χ0n) is 11.1. The standard InChI is InChI=1S/C16H13N3O2/c17-14-8-6-11(19(20)21)9-13(14)16-12-4-2-1-3-10(12)5-7-15(16)18/h1-9H,17-18H2. The summed E-state index contributed by atoms with van der Waals surface area (Å²) in [5.74, 6) is 0. The smallest absolute Gasteiger partial charge is 0.270 e. The maximum absolute atomic E-state index is 11.0. The van der Waals surface area contributed by atoms with Crippen LogP contribution in [0.1, 0.15) is 0 Å². The third-order valence-corrected chi connectivity index (χ3v) is 3.48. The SMILES string of the molecule is Nc1ccc([N+](=O)[O-])cc1-c1c(N)ccc2ccccc12. The molecule has 5 heteroatoms. The fourth-order valence-electron chi connectivity index (χ4n) is 2.46. The van der Waals surface area contributed by atoms with Gasteiger partial charge in [-0.1, -0.05) is 30.3 Å². The number of nitrogens with two attached hydrogens (primary N) is 2. The molecule has 0 aliphatic carbocycles. The average molecular weight is 279 g/mol. The first kappa shape index (κ1) is 12.9. The molecule has 5 nitrogen and oxygen atoms in total. The van der Waals surface area contributed by atoms with E-state index in [2.05, 4.69) is 0 Å². The Kier molecular flexibility index (Phi) is 2.95. The minimum absolute atomic E-state index is 0.00784. The minimum atomic E-state index is -0.440. The second kappa shape index (κ2) is 4.79. The van der Waals surface area contributed by atoms with Crippen LogP contribution >= 0.6 is 0 Å². The first-order chi connectivity index (χ1) is 10.1. The Hall–Kier alpha value is -3.08. The van der Waals surface area contributed by atoms with Crippen molar-refractivity contribution in [3.63, 3.8) is 0 Å². The van der Waals surface area contributed by atoms with Crippen LogP contribution in [0.2, 0.25) is 0 Å². The van der Waals surface area contributed by atoms with Crippen LogP contribution in [0.5, 0.6) is 0 Å². The second-order valence-electron chi connectivity index (χ2n) is 4.78. The molecule has 0 amide bonds. The van der Waals surface area contributed by atoms with E-state index < -0.39 is 4.92 Å². The predicted molar refractivity (Wildman–Crippen MR) is 84.9 cm³/mol. The van der Waals surface area contributed by atoms with Crippen LogP contribution in [-0.2, 0) is 0 Å². The lowest BCUT2D eigenvalue weighted by atomic mass is 9.95. The molecule has 0 atom stereocenters. The molecule has 3 rings (SSSR count). The molecule has 0 aromatic heterocycles. The molecule has 0 saturated carbocycles. The molecule has 0 unspecified atom stereocenters. The highest BCUT2D eigenvalue weighted by Crippen LogP contribution is 2.38. The normalized spacial score (nSPS) is 10.7. The largest absolute Gasteiger partial charge is 0.398 e. The molecule has 0 bridgehead atoms. The quantitative estimate of drug-likeness (QED) is 0.426. The number of nitro benzene ring substituents is 1. The topological polar surface area (TPSA) is 95.2 Å². The third-order valence-electron chi connectivity index (χ3n) is 3.48. The summed E-state index contributed by atoms with van der Waals surface area (Å²) in [6.07, 6.45) is 0. The van der Waals surface area contributed by atoms with Crippen molar-refractivity contribution in [2.45, 2.75) is 0 Å². The first-order valence-electron chi connectivity index (χ1n) is 6.39. The Morgan fingerprint density at radius 1 is 0.905 bits per heavy atom. The number of non-ortho nitro benzene ring substituents is 1.